The van der Waals surface area contributed by atoms with E-state index in [1.807, 2.05) is 6.07 Å². The average Bonchev–Trinajstić information content (AvgIpc) is 2.66. The van der Waals surface area contributed by atoms with Gasteiger partial charge in [0.25, 0.3) is 5.91 Å². The molecule has 0 saturated carbocycles. The fourth-order valence-electron chi connectivity index (χ4n) is 2.54. The number of benzene rings is 1. The average molecular weight is 356 g/mol. The number of nitriles is 1. The van der Waals surface area contributed by atoms with Crippen LogP contribution in [0.25, 0.3) is 0 Å². The lowest BCUT2D eigenvalue weighted by molar-refractivity contribution is -0.112. The fourth-order valence-corrected chi connectivity index (χ4v) is 2.54. The number of hydrogen-bond acceptors (Lipinski definition) is 6. The Kier molecular flexibility index (Phi) is 7.80. The molecule has 138 valence electrons. The monoisotopic (exact) mass is 356 g/mol. The van der Waals surface area contributed by atoms with Crippen LogP contribution in [0.4, 0.5) is 5.69 Å². The van der Waals surface area contributed by atoms with E-state index in [9.17, 15) is 9.59 Å². The van der Waals surface area contributed by atoms with Crippen molar-refractivity contribution in [1.29, 1.82) is 5.26 Å². The van der Waals surface area contributed by atoms with Crippen LogP contribution < -0.4 is 10.6 Å². The van der Waals surface area contributed by atoms with E-state index in [4.69, 9.17) is 10.00 Å². The highest BCUT2D eigenvalue weighted by Crippen LogP contribution is 2.11. The van der Waals surface area contributed by atoms with E-state index in [1.165, 1.54) is 13.1 Å². The number of anilines is 1. The van der Waals surface area contributed by atoms with Gasteiger partial charge < -0.3 is 15.4 Å². The van der Waals surface area contributed by atoms with Crippen molar-refractivity contribution < 1.29 is 14.3 Å². The number of ketones is 1. The Balaban J connectivity index is 1.76. The molecule has 0 spiro atoms. The SMILES string of the molecule is CC(=O)c1ccc(NC(=O)/C(C#N)=C\NCCCN2CCOCC2)cc1. The Morgan fingerprint density at radius 1 is 1.27 bits per heavy atom. The summed E-state index contributed by atoms with van der Waals surface area (Å²) in [6, 6.07) is 8.45. The highest BCUT2D eigenvalue weighted by atomic mass is 16.5. The van der Waals surface area contributed by atoms with Gasteiger partial charge in [-0.05, 0) is 44.2 Å². The lowest BCUT2D eigenvalue weighted by Crippen LogP contribution is -2.37. The zero-order valence-corrected chi connectivity index (χ0v) is 15.0. The van der Waals surface area contributed by atoms with Crippen molar-refractivity contribution in [2.45, 2.75) is 13.3 Å². The molecule has 7 nitrogen and oxygen atoms in total. The van der Waals surface area contributed by atoms with Gasteiger partial charge >= 0.3 is 0 Å². The zero-order valence-electron chi connectivity index (χ0n) is 15.0. The molecule has 1 aliphatic heterocycles. The van der Waals surface area contributed by atoms with Crippen molar-refractivity contribution >= 4 is 17.4 Å². The summed E-state index contributed by atoms with van der Waals surface area (Å²) in [6.07, 6.45) is 2.36. The topological polar surface area (TPSA) is 94.5 Å². The standard InChI is InChI=1S/C19H24N4O3/c1-15(24)16-3-5-18(6-4-16)22-19(25)17(13-20)14-21-7-2-8-23-9-11-26-12-10-23/h3-6,14,21H,2,7-12H2,1H3,(H,22,25)/b17-14-. The summed E-state index contributed by atoms with van der Waals surface area (Å²) in [5.41, 5.74) is 1.11. The van der Waals surface area contributed by atoms with Crippen molar-refractivity contribution in [2.75, 3.05) is 44.7 Å². The maximum absolute atomic E-state index is 12.1. The lowest BCUT2D eigenvalue weighted by Gasteiger charge is -2.26. The first-order valence-corrected chi connectivity index (χ1v) is 8.66. The number of hydrogen-bond donors (Lipinski definition) is 2. The van der Waals surface area contributed by atoms with E-state index in [0.29, 0.717) is 17.8 Å². The van der Waals surface area contributed by atoms with Crippen molar-refractivity contribution in [3.63, 3.8) is 0 Å². The minimum Gasteiger partial charge on any atom is -0.390 e. The molecule has 2 rings (SSSR count). The quantitative estimate of drug-likeness (QED) is 0.318. The van der Waals surface area contributed by atoms with Gasteiger partial charge in [-0.1, -0.05) is 0 Å². The first-order chi connectivity index (χ1) is 12.6. The third-order valence-electron chi connectivity index (χ3n) is 4.06. The van der Waals surface area contributed by atoms with E-state index in [2.05, 4.69) is 15.5 Å². The lowest BCUT2D eigenvalue weighted by atomic mass is 10.1. The van der Waals surface area contributed by atoms with Gasteiger partial charge in [-0.3, -0.25) is 14.5 Å². The molecule has 2 N–H and O–H groups in total. The van der Waals surface area contributed by atoms with E-state index >= 15 is 0 Å². The molecule has 1 heterocycles. The first-order valence-electron chi connectivity index (χ1n) is 8.66. The number of morpholine rings is 1. The largest absolute Gasteiger partial charge is 0.390 e. The summed E-state index contributed by atoms with van der Waals surface area (Å²) in [5.74, 6) is -0.523. The molecule has 0 unspecified atom stereocenters. The van der Waals surface area contributed by atoms with E-state index in [1.54, 1.807) is 24.3 Å². The Hall–Kier alpha value is -2.69. The predicted octanol–water partition coefficient (Wildman–Crippen LogP) is 1.55. The van der Waals surface area contributed by atoms with Crippen LogP contribution in [0.15, 0.2) is 36.0 Å². The molecule has 1 saturated heterocycles. The van der Waals surface area contributed by atoms with Crippen LogP contribution in [0, 0.1) is 11.3 Å². The third-order valence-corrected chi connectivity index (χ3v) is 4.06. The fraction of sp³-hybridized carbons (Fsp3) is 0.421. The molecule has 1 fully saturated rings. The molecule has 0 radical (unpaired) electrons. The number of ether oxygens (including phenoxy) is 1. The van der Waals surface area contributed by atoms with Crippen molar-refractivity contribution in [1.82, 2.24) is 10.2 Å². The number of amides is 1. The molecule has 26 heavy (non-hydrogen) atoms. The van der Waals surface area contributed by atoms with Crippen molar-refractivity contribution in [2.24, 2.45) is 0 Å². The number of carbonyl (C=O) groups excluding carboxylic acids is 2. The van der Waals surface area contributed by atoms with Crippen molar-refractivity contribution in [3.8, 4) is 6.07 Å². The highest BCUT2D eigenvalue weighted by Gasteiger charge is 2.11. The van der Waals surface area contributed by atoms with Gasteiger partial charge in [-0.2, -0.15) is 5.26 Å². The van der Waals surface area contributed by atoms with Crippen molar-refractivity contribution in [3.05, 3.63) is 41.6 Å². The van der Waals surface area contributed by atoms with Crippen LogP contribution in [0.3, 0.4) is 0 Å². The molecule has 0 aliphatic carbocycles. The zero-order chi connectivity index (χ0) is 18.8. The van der Waals surface area contributed by atoms with Gasteiger partial charge in [0.1, 0.15) is 11.6 Å². The second-order valence-electron chi connectivity index (χ2n) is 6.02. The third kappa shape index (κ3) is 6.31. The predicted molar refractivity (Wildman–Crippen MR) is 98.7 cm³/mol. The Labute approximate surface area is 153 Å². The van der Waals surface area contributed by atoms with Gasteiger partial charge in [0.2, 0.25) is 0 Å². The van der Waals surface area contributed by atoms with Gasteiger partial charge in [-0.25, -0.2) is 0 Å². The first kappa shape index (κ1) is 19.6. The Morgan fingerprint density at radius 3 is 2.58 bits per heavy atom. The van der Waals surface area contributed by atoms with Gasteiger partial charge in [0, 0.05) is 37.1 Å². The Morgan fingerprint density at radius 2 is 1.96 bits per heavy atom. The van der Waals surface area contributed by atoms with Crippen LogP contribution in [0.5, 0.6) is 0 Å². The van der Waals surface area contributed by atoms with E-state index < -0.39 is 5.91 Å². The smallest absolute Gasteiger partial charge is 0.267 e. The van der Waals surface area contributed by atoms with Crippen LogP contribution >= 0.6 is 0 Å². The molecule has 1 aliphatic rings. The molecule has 1 aromatic carbocycles. The minimum atomic E-state index is -0.483. The molecule has 0 aromatic heterocycles. The molecule has 0 atom stereocenters. The molecule has 0 bridgehead atoms. The van der Waals surface area contributed by atoms with Crippen LogP contribution in [-0.2, 0) is 9.53 Å². The van der Waals surface area contributed by atoms with E-state index in [-0.39, 0.29) is 11.4 Å². The van der Waals surface area contributed by atoms with E-state index in [0.717, 1.165) is 39.3 Å². The van der Waals surface area contributed by atoms with Gasteiger partial charge in [0.05, 0.1) is 13.2 Å². The maximum Gasteiger partial charge on any atom is 0.267 e. The van der Waals surface area contributed by atoms with Gasteiger partial charge in [0.15, 0.2) is 5.78 Å². The summed E-state index contributed by atoms with van der Waals surface area (Å²) in [6.45, 7) is 6.58. The minimum absolute atomic E-state index is 0.00650. The van der Waals surface area contributed by atoms with Crippen LogP contribution in [-0.4, -0.2) is 56.0 Å². The normalized spacial score (nSPS) is 15.2. The van der Waals surface area contributed by atoms with Crippen LogP contribution in [0.2, 0.25) is 0 Å². The van der Waals surface area contributed by atoms with Crippen LogP contribution in [0.1, 0.15) is 23.7 Å². The summed E-state index contributed by atoms with van der Waals surface area (Å²) < 4.78 is 5.30. The summed E-state index contributed by atoms with van der Waals surface area (Å²) in [5, 5.41) is 14.8. The molecular weight excluding hydrogens is 332 g/mol. The molecular formula is C19H24N4O3. The molecule has 7 heteroatoms. The molecule has 1 amide bonds. The summed E-state index contributed by atoms with van der Waals surface area (Å²) in [7, 11) is 0. The number of rotatable bonds is 8. The molecule has 1 aromatic rings. The second-order valence-corrected chi connectivity index (χ2v) is 6.02. The number of Topliss-reactive ketones (excluding diaryl/α,β-unsaturated/α-hetero) is 1. The number of carbonyl (C=O) groups is 2. The Bertz CT molecular complexity index is 686. The number of nitrogens with one attached hydrogen (secondary N) is 2. The second kappa shape index (κ2) is 10.3. The maximum atomic E-state index is 12.1. The summed E-state index contributed by atoms with van der Waals surface area (Å²) >= 11 is 0. The highest BCUT2D eigenvalue weighted by molar-refractivity contribution is 6.06. The summed E-state index contributed by atoms with van der Waals surface area (Å²) in [4.78, 5) is 25.7. The van der Waals surface area contributed by atoms with Gasteiger partial charge in [-0.15, -0.1) is 0 Å². The number of nitrogens with zero attached hydrogens (tertiary/aromatic N) is 2.